The van der Waals surface area contributed by atoms with Crippen molar-refractivity contribution in [2.24, 2.45) is 0 Å². The van der Waals surface area contributed by atoms with Crippen LogP contribution in [0.5, 0.6) is 11.5 Å². The minimum Gasteiger partial charge on any atom is -0.493 e. The van der Waals surface area contributed by atoms with Gasteiger partial charge in [-0.05, 0) is 25.1 Å². The Morgan fingerprint density at radius 2 is 1.83 bits per heavy atom. The molecule has 0 aliphatic carbocycles. The van der Waals surface area contributed by atoms with Crippen LogP contribution in [0.1, 0.15) is 17.3 Å². The average molecular weight is 253 g/mol. The van der Waals surface area contributed by atoms with Crippen LogP contribution < -0.4 is 14.8 Å². The highest BCUT2D eigenvalue weighted by Crippen LogP contribution is 2.27. The van der Waals surface area contributed by atoms with Crippen molar-refractivity contribution >= 4 is 11.9 Å². The number of carbonyl (C=O) groups is 2. The van der Waals surface area contributed by atoms with E-state index in [1.54, 1.807) is 6.07 Å². The number of carboxylic acids is 1. The third-order valence-corrected chi connectivity index (χ3v) is 2.36. The predicted octanol–water partition coefficient (Wildman–Crippen LogP) is 0.907. The monoisotopic (exact) mass is 253 g/mol. The maximum atomic E-state index is 11.8. The van der Waals surface area contributed by atoms with E-state index in [2.05, 4.69) is 5.32 Å². The quantitative estimate of drug-likeness (QED) is 0.814. The molecule has 6 nitrogen and oxygen atoms in total. The molecule has 1 rings (SSSR count). The van der Waals surface area contributed by atoms with Crippen LogP contribution in [0.4, 0.5) is 0 Å². The van der Waals surface area contributed by atoms with E-state index in [-0.39, 0.29) is 0 Å². The third-order valence-electron chi connectivity index (χ3n) is 2.36. The molecule has 0 saturated carbocycles. The maximum Gasteiger partial charge on any atom is 0.325 e. The van der Waals surface area contributed by atoms with Crippen LogP contribution >= 0.6 is 0 Å². The van der Waals surface area contributed by atoms with E-state index < -0.39 is 17.9 Å². The Hall–Kier alpha value is -2.24. The van der Waals surface area contributed by atoms with Crippen molar-refractivity contribution in [2.75, 3.05) is 14.2 Å². The fourth-order valence-electron chi connectivity index (χ4n) is 1.32. The second-order valence-electron chi connectivity index (χ2n) is 3.60. The Bertz CT molecular complexity index is 458. The fraction of sp³-hybridized carbons (Fsp3) is 0.333. The molecular weight excluding hydrogens is 238 g/mol. The lowest BCUT2D eigenvalue weighted by molar-refractivity contribution is -0.138. The molecule has 0 heterocycles. The van der Waals surface area contributed by atoms with Gasteiger partial charge in [0.25, 0.3) is 5.91 Å². The highest BCUT2D eigenvalue weighted by Gasteiger charge is 2.16. The molecule has 0 unspecified atom stereocenters. The molecule has 98 valence electrons. The predicted molar refractivity (Wildman–Crippen MR) is 64.1 cm³/mol. The van der Waals surface area contributed by atoms with E-state index in [0.29, 0.717) is 17.1 Å². The number of carboxylic acid groups (broad SMARTS) is 1. The van der Waals surface area contributed by atoms with Crippen LogP contribution in [0.2, 0.25) is 0 Å². The zero-order chi connectivity index (χ0) is 13.7. The van der Waals surface area contributed by atoms with Crippen molar-refractivity contribution in [2.45, 2.75) is 13.0 Å². The molecule has 1 aromatic carbocycles. The minimum absolute atomic E-state index is 0.306. The fourth-order valence-corrected chi connectivity index (χ4v) is 1.32. The summed E-state index contributed by atoms with van der Waals surface area (Å²) in [7, 11) is 2.95. The van der Waals surface area contributed by atoms with Crippen LogP contribution in [0, 0.1) is 0 Å². The van der Waals surface area contributed by atoms with Crippen molar-refractivity contribution in [1.29, 1.82) is 0 Å². The van der Waals surface area contributed by atoms with Crippen molar-refractivity contribution in [1.82, 2.24) is 5.32 Å². The Morgan fingerprint density at radius 1 is 1.22 bits per heavy atom. The number of aliphatic carboxylic acids is 1. The first kappa shape index (κ1) is 13.8. The normalized spacial score (nSPS) is 11.5. The van der Waals surface area contributed by atoms with Crippen LogP contribution in [-0.4, -0.2) is 37.2 Å². The van der Waals surface area contributed by atoms with Gasteiger partial charge in [0.15, 0.2) is 11.5 Å². The Kier molecular flexibility index (Phi) is 4.53. The molecule has 1 aromatic rings. The van der Waals surface area contributed by atoms with Crippen LogP contribution in [-0.2, 0) is 4.79 Å². The molecule has 0 bridgehead atoms. The van der Waals surface area contributed by atoms with Crippen LogP contribution in [0.3, 0.4) is 0 Å². The molecule has 0 spiro atoms. The number of hydrogen-bond acceptors (Lipinski definition) is 4. The summed E-state index contributed by atoms with van der Waals surface area (Å²) in [6, 6.07) is 3.65. The van der Waals surface area contributed by atoms with Gasteiger partial charge in [0, 0.05) is 5.56 Å². The number of rotatable bonds is 5. The van der Waals surface area contributed by atoms with Gasteiger partial charge in [0.2, 0.25) is 0 Å². The summed E-state index contributed by atoms with van der Waals surface area (Å²) in [5.41, 5.74) is 0.306. The molecule has 0 fully saturated rings. The summed E-state index contributed by atoms with van der Waals surface area (Å²) in [6.45, 7) is 1.39. The first-order chi connectivity index (χ1) is 8.49. The van der Waals surface area contributed by atoms with Crippen molar-refractivity contribution in [3.63, 3.8) is 0 Å². The second kappa shape index (κ2) is 5.90. The first-order valence-electron chi connectivity index (χ1n) is 5.25. The molecule has 0 aliphatic rings. The molecule has 6 heteroatoms. The van der Waals surface area contributed by atoms with E-state index in [1.165, 1.54) is 33.3 Å². The number of methoxy groups -OCH3 is 2. The summed E-state index contributed by atoms with van der Waals surface area (Å²) in [5, 5.41) is 11.1. The lowest BCUT2D eigenvalue weighted by Gasteiger charge is -2.11. The molecule has 0 aromatic heterocycles. The first-order valence-corrected chi connectivity index (χ1v) is 5.25. The summed E-state index contributed by atoms with van der Waals surface area (Å²) in [5.74, 6) is -0.664. The Labute approximate surface area is 105 Å². The second-order valence-corrected chi connectivity index (χ2v) is 3.60. The maximum absolute atomic E-state index is 11.8. The molecule has 0 saturated heterocycles. The molecule has 0 aliphatic heterocycles. The number of ether oxygens (including phenoxy) is 2. The van der Waals surface area contributed by atoms with Gasteiger partial charge in [-0.3, -0.25) is 9.59 Å². The zero-order valence-corrected chi connectivity index (χ0v) is 10.4. The molecule has 1 atom stereocenters. The topological polar surface area (TPSA) is 84.9 Å². The summed E-state index contributed by atoms with van der Waals surface area (Å²) in [6.07, 6.45) is 0. The minimum atomic E-state index is -1.09. The van der Waals surface area contributed by atoms with Gasteiger partial charge in [-0.2, -0.15) is 0 Å². The lowest BCUT2D eigenvalue weighted by Crippen LogP contribution is -2.38. The molecule has 1 amide bonds. The summed E-state index contributed by atoms with van der Waals surface area (Å²) >= 11 is 0. The largest absolute Gasteiger partial charge is 0.493 e. The van der Waals surface area contributed by atoms with Crippen molar-refractivity contribution in [3.05, 3.63) is 23.8 Å². The smallest absolute Gasteiger partial charge is 0.325 e. The highest BCUT2D eigenvalue weighted by molar-refractivity contribution is 5.97. The third kappa shape index (κ3) is 3.13. The summed E-state index contributed by atoms with van der Waals surface area (Å²) < 4.78 is 10.1. The highest BCUT2D eigenvalue weighted by atomic mass is 16.5. The number of hydrogen-bond donors (Lipinski definition) is 2. The lowest BCUT2D eigenvalue weighted by atomic mass is 10.1. The van der Waals surface area contributed by atoms with Gasteiger partial charge in [0.1, 0.15) is 6.04 Å². The van der Waals surface area contributed by atoms with E-state index in [4.69, 9.17) is 14.6 Å². The summed E-state index contributed by atoms with van der Waals surface area (Å²) in [4.78, 5) is 22.4. The van der Waals surface area contributed by atoms with E-state index in [0.717, 1.165) is 0 Å². The van der Waals surface area contributed by atoms with Crippen molar-refractivity contribution < 1.29 is 24.2 Å². The molecule has 0 radical (unpaired) electrons. The van der Waals surface area contributed by atoms with Gasteiger partial charge in [0.05, 0.1) is 14.2 Å². The average Bonchev–Trinajstić information content (AvgIpc) is 2.37. The van der Waals surface area contributed by atoms with Crippen LogP contribution in [0.15, 0.2) is 18.2 Å². The van der Waals surface area contributed by atoms with E-state index in [9.17, 15) is 9.59 Å². The standard InChI is InChI=1S/C12H15NO5/c1-7(12(15)16)13-11(14)8-4-5-9(17-2)10(6-8)18-3/h4-7H,1-3H3,(H,13,14)(H,15,16)/t7-/m0/s1. The SMILES string of the molecule is COc1ccc(C(=O)N[C@@H](C)C(=O)O)cc1OC. The van der Waals surface area contributed by atoms with Gasteiger partial charge in [-0.1, -0.05) is 0 Å². The number of amides is 1. The van der Waals surface area contributed by atoms with Gasteiger partial charge >= 0.3 is 5.97 Å². The van der Waals surface area contributed by atoms with Gasteiger partial charge < -0.3 is 19.9 Å². The number of nitrogens with one attached hydrogen (secondary N) is 1. The van der Waals surface area contributed by atoms with Gasteiger partial charge in [-0.15, -0.1) is 0 Å². The van der Waals surface area contributed by atoms with E-state index >= 15 is 0 Å². The molecule has 2 N–H and O–H groups in total. The number of carbonyl (C=O) groups excluding carboxylic acids is 1. The van der Waals surface area contributed by atoms with Crippen molar-refractivity contribution in [3.8, 4) is 11.5 Å². The zero-order valence-electron chi connectivity index (χ0n) is 10.4. The van der Waals surface area contributed by atoms with Crippen LogP contribution in [0.25, 0.3) is 0 Å². The Morgan fingerprint density at radius 3 is 2.33 bits per heavy atom. The Balaban J connectivity index is 2.90. The number of benzene rings is 1. The van der Waals surface area contributed by atoms with E-state index in [1.807, 2.05) is 0 Å². The molecular formula is C12H15NO5. The molecule has 18 heavy (non-hydrogen) atoms. The van der Waals surface area contributed by atoms with Gasteiger partial charge in [-0.25, -0.2) is 0 Å².